The topological polar surface area (TPSA) is 45.1 Å². The van der Waals surface area contributed by atoms with Crippen LogP contribution in [0.2, 0.25) is 0 Å². The first-order valence-electron chi connectivity index (χ1n) is 10.7. The summed E-state index contributed by atoms with van der Waals surface area (Å²) >= 11 is 0. The lowest BCUT2D eigenvalue weighted by atomic mass is 10.0. The molecule has 0 amide bonds. The van der Waals surface area contributed by atoms with E-state index in [2.05, 4.69) is 17.2 Å². The van der Waals surface area contributed by atoms with E-state index >= 15 is 0 Å². The maximum atomic E-state index is 8.98. The van der Waals surface area contributed by atoms with E-state index < -0.39 is 0 Å². The van der Waals surface area contributed by atoms with Crippen LogP contribution in [0.4, 0.5) is 5.82 Å². The summed E-state index contributed by atoms with van der Waals surface area (Å²) < 4.78 is 0. The Morgan fingerprint density at radius 3 is 1.72 bits per heavy atom. The zero-order chi connectivity index (χ0) is 18.0. The molecule has 1 heterocycles. The van der Waals surface area contributed by atoms with E-state index in [4.69, 9.17) is 5.11 Å². The number of nitrogens with one attached hydrogen (secondary N) is 1. The van der Waals surface area contributed by atoms with Gasteiger partial charge in [0.15, 0.2) is 0 Å². The highest BCUT2D eigenvalue weighted by Crippen LogP contribution is 2.13. The SMILES string of the molecule is CCCCCCCCCCCCCCCCNc1ccc(CO)cn1. The predicted octanol–water partition coefficient (Wildman–Crippen LogP) is 6.47. The fourth-order valence-corrected chi connectivity index (χ4v) is 3.16. The van der Waals surface area contributed by atoms with Crippen molar-refractivity contribution in [1.29, 1.82) is 0 Å². The van der Waals surface area contributed by atoms with Gasteiger partial charge in [0.1, 0.15) is 5.82 Å². The Morgan fingerprint density at radius 1 is 0.760 bits per heavy atom. The second-order valence-electron chi connectivity index (χ2n) is 7.23. The third kappa shape index (κ3) is 12.9. The van der Waals surface area contributed by atoms with Gasteiger partial charge >= 0.3 is 0 Å². The van der Waals surface area contributed by atoms with Gasteiger partial charge in [-0.15, -0.1) is 0 Å². The van der Waals surface area contributed by atoms with Gasteiger partial charge in [-0.25, -0.2) is 4.98 Å². The summed E-state index contributed by atoms with van der Waals surface area (Å²) in [6, 6.07) is 3.86. The predicted molar refractivity (Wildman–Crippen MR) is 109 cm³/mol. The molecule has 0 saturated heterocycles. The van der Waals surface area contributed by atoms with Gasteiger partial charge in [-0.05, 0) is 18.1 Å². The van der Waals surface area contributed by atoms with Gasteiger partial charge in [-0.2, -0.15) is 0 Å². The molecule has 1 aromatic rings. The lowest BCUT2D eigenvalue weighted by Crippen LogP contribution is -2.03. The van der Waals surface area contributed by atoms with Crippen molar-refractivity contribution in [1.82, 2.24) is 4.98 Å². The Hall–Kier alpha value is -1.09. The molecule has 0 aliphatic rings. The Balaban J connectivity index is 1.78. The molecular weight excluding hydrogens is 308 g/mol. The molecule has 0 atom stereocenters. The average molecular weight is 349 g/mol. The first-order chi connectivity index (χ1) is 12.4. The van der Waals surface area contributed by atoms with Crippen LogP contribution in [0.3, 0.4) is 0 Å². The summed E-state index contributed by atoms with van der Waals surface area (Å²) in [5.74, 6) is 0.909. The zero-order valence-electron chi connectivity index (χ0n) is 16.4. The van der Waals surface area contributed by atoms with Crippen molar-refractivity contribution < 1.29 is 5.11 Å². The summed E-state index contributed by atoms with van der Waals surface area (Å²) in [5.41, 5.74) is 0.863. The molecular formula is C22H40N2O. The van der Waals surface area contributed by atoms with Gasteiger partial charge in [-0.3, -0.25) is 0 Å². The van der Waals surface area contributed by atoms with Gasteiger partial charge in [0, 0.05) is 12.7 Å². The fourth-order valence-electron chi connectivity index (χ4n) is 3.16. The minimum Gasteiger partial charge on any atom is -0.392 e. The summed E-state index contributed by atoms with van der Waals surface area (Å²) in [6.45, 7) is 3.33. The van der Waals surface area contributed by atoms with Gasteiger partial charge in [0.2, 0.25) is 0 Å². The molecule has 0 aromatic carbocycles. The second-order valence-corrected chi connectivity index (χ2v) is 7.23. The van der Waals surface area contributed by atoms with E-state index in [1.54, 1.807) is 6.20 Å². The Morgan fingerprint density at radius 2 is 1.28 bits per heavy atom. The normalized spacial score (nSPS) is 11.0. The fraction of sp³-hybridized carbons (Fsp3) is 0.773. The number of hydrogen-bond acceptors (Lipinski definition) is 3. The largest absolute Gasteiger partial charge is 0.392 e. The van der Waals surface area contributed by atoms with Crippen molar-refractivity contribution in [2.24, 2.45) is 0 Å². The van der Waals surface area contributed by atoms with Crippen molar-refractivity contribution in [3.8, 4) is 0 Å². The highest BCUT2D eigenvalue weighted by molar-refractivity contribution is 5.35. The van der Waals surface area contributed by atoms with Gasteiger partial charge in [-0.1, -0.05) is 96.5 Å². The van der Waals surface area contributed by atoms with Crippen LogP contribution in [-0.4, -0.2) is 16.6 Å². The number of hydrogen-bond donors (Lipinski definition) is 2. The molecule has 3 heteroatoms. The number of aliphatic hydroxyl groups excluding tert-OH is 1. The van der Waals surface area contributed by atoms with Crippen LogP contribution in [-0.2, 0) is 6.61 Å². The number of rotatable bonds is 17. The van der Waals surface area contributed by atoms with E-state index in [1.807, 2.05) is 12.1 Å². The number of nitrogens with zero attached hydrogens (tertiary/aromatic N) is 1. The summed E-state index contributed by atoms with van der Waals surface area (Å²) in [5, 5.41) is 12.3. The minimum atomic E-state index is 0.0617. The molecule has 3 nitrogen and oxygen atoms in total. The van der Waals surface area contributed by atoms with E-state index in [0.29, 0.717) is 0 Å². The summed E-state index contributed by atoms with van der Waals surface area (Å²) in [7, 11) is 0. The highest BCUT2D eigenvalue weighted by Gasteiger charge is 1.96. The van der Waals surface area contributed by atoms with Crippen molar-refractivity contribution in [3.05, 3.63) is 23.9 Å². The van der Waals surface area contributed by atoms with Gasteiger partial charge < -0.3 is 10.4 Å². The lowest BCUT2D eigenvalue weighted by molar-refractivity contribution is 0.281. The molecule has 0 bridgehead atoms. The molecule has 0 unspecified atom stereocenters. The van der Waals surface area contributed by atoms with E-state index in [1.165, 1.54) is 89.9 Å². The number of unbranched alkanes of at least 4 members (excludes halogenated alkanes) is 13. The third-order valence-electron chi connectivity index (χ3n) is 4.84. The van der Waals surface area contributed by atoms with Crippen LogP contribution in [0.15, 0.2) is 18.3 Å². The number of aromatic nitrogens is 1. The number of anilines is 1. The number of aliphatic hydroxyl groups is 1. The Bertz CT molecular complexity index is 392. The average Bonchev–Trinajstić information content (AvgIpc) is 2.65. The molecule has 1 aromatic heterocycles. The van der Waals surface area contributed by atoms with Crippen molar-refractivity contribution in [3.63, 3.8) is 0 Å². The van der Waals surface area contributed by atoms with Gasteiger partial charge in [0.25, 0.3) is 0 Å². The first kappa shape index (κ1) is 22.0. The van der Waals surface area contributed by atoms with Crippen LogP contribution >= 0.6 is 0 Å². The molecule has 0 saturated carbocycles. The van der Waals surface area contributed by atoms with Crippen molar-refractivity contribution >= 4 is 5.82 Å². The van der Waals surface area contributed by atoms with Crippen LogP contribution in [0.25, 0.3) is 0 Å². The zero-order valence-corrected chi connectivity index (χ0v) is 16.4. The smallest absolute Gasteiger partial charge is 0.125 e. The lowest BCUT2D eigenvalue weighted by Gasteiger charge is -2.06. The standard InChI is InChI=1S/C22H40N2O/c1-2-3-4-5-6-7-8-9-10-11-12-13-14-15-18-23-22-17-16-21(20-25)19-24-22/h16-17,19,25H,2-15,18,20H2,1H3,(H,23,24). The van der Waals surface area contributed by atoms with E-state index in [-0.39, 0.29) is 6.61 Å². The van der Waals surface area contributed by atoms with Crippen LogP contribution in [0.5, 0.6) is 0 Å². The molecule has 25 heavy (non-hydrogen) atoms. The van der Waals surface area contributed by atoms with E-state index in [9.17, 15) is 0 Å². The quantitative estimate of drug-likeness (QED) is 0.317. The molecule has 1 rings (SSSR count). The minimum absolute atomic E-state index is 0.0617. The van der Waals surface area contributed by atoms with Gasteiger partial charge in [0.05, 0.1) is 6.61 Å². The van der Waals surface area contributed by atoms with Crippen LogP contribution < -0.4 is 5.32 Å². The summed E-state index contributed by atoms with van der Waals surface area (Å²) in [4.78, 5) is 4.28. The highest BCUT2D eigenvalue weighted by atomic mass is 16.3. The van der Waals surface area contributed by atoms with Crippen LogP contribution in [0.1, 0.15) is 102 Å². The maximum Gasteiger partial charge on any atom is 0.125 e. The first-order valence-corrected chi connectivity index (χ1v) is 10.7. The Labute approximate surface area is 155 Å². The second kappa shape index (κ2) is 16.4. The summed E-state index contributed by atoms with van der Waals surface area (Å²) in [6.07, 6.45) is 21.3. The third-order valence-corrected chi connectivity index (χ3v) is 4.84. The molecule has 2 N–H and O–H groups in total. The molecule has 0 fully saturated rings. The van der Waals surface area contributed by atoms with Crippen LogP contribution in [0, 0.1) is 0 Å². The maximum absolute atomic E-state index is 8.98. The van der Waals surface area contributed by atoms with Crippen molar-refractivity contribution in [2.45, 2.75) is 103 Å². The van der Waals surface area contributed by atoms with E-state index in [0.717, 1.165) is 17.9 Å². The Kier molecular flexibility index (Phi) is 14.4. The molecule has 0 radical (unpaired) electrons. The molecule has 0 aliphatic heterocycles. The molecule has 0 spiro atoms. The number of pyridine rings is 1. The molecule has 0 aliphatic carbocycles. The monoisotopic (exact) mass is 348 g/mol. The van der Waals surface area contributed by atoms with Crippen molar-refractivity contribution in [2.75, 3.05) is 11.9 Å². The molecule has 144 valence electrons.